The third kappa shape index (κ3) is 5.05. The van der Waals surface area contributed by atoms with Crippen molar-refractivity contribution in [1.82, 2.24) is 4.98 Å². The molecule has 1 heterocycles. The second-order valence-corrected chi connectivity index (χ2v) is 3.31. The smallest absolute Gasteiger partial charge is 0.356 e. The zero-order valence-corrected chi connectivity index (χ0v) is 9.86. The number of halogens is 2. The molecule has 1 rings (SSSR count). The Labute approximate surface area is 103 Å². The van der Waals surface area contributed by atoms with E-state index in [2.05, 4.69) is 15.0 Å². The molecular formula is C11H14F2N2O3. The Balaban J connectivity index is 2.36. The van der Waals surface area contributed by atoms with Gasteiger partial charge in [-0.1, -0.05) is 0 Å². The molecule has 0 saturated heterocycles. The van der Waals surface area contributed by atoms with Crippen LogP contribution >= 0.6 is 0 Å². The minimum atomic E-state index is -2.46. The van der Waals surface area contributed by atoms with Crippen LogP contribution in [0.3, 0.4) is 0 Å². The van der Waals surface area contributed by atoms with E-state index in [1.165, 1.54) is 19.4 Å². The number of rotatable bonds is 7. The first kappa shape index (κ1) is 14.3. The van der Waals surface area contributed by atoms with Crippen molar-refractivity contribution >= 4 is 11.7 Å². The summed E-state index contributed by atoms with van der Waals surface area (Å²) in [7, 11) is 1.27. The molecule has 1 aromatic rings. The largest absolute Gasteiger partial charge is 0.464 e. The van der Waals surface area contributed by atoms with Gasteiger partial charge in [0, 0.05) is 18.4 Å². The van der Waals surface area contributed by atoms with E-state index in [-0.39, 0.29) is 12.3 Å². The van der Waals surface area contributed by atoms with Gasteiger partial charge in [-0.2, -0.15) is 0 Å². The Morgan fingerprint density at radius 2 is 2.33 bits per heavy atom. The fourth-order valence-electron chi connectivity index (χ4n) is 1.20. The number of methoxy groups -OCH3 is 1. The molecule has 0 aliphatic rings. The Hall–Kier alpha value is -1.76. The lowest BCUT2D eigenvalue weighted by atomic mass is 10.3. The number of hydrogen-bond acceptors (Lipinski definition) is 5. The Morgan fingerprint density at radius 1 is 1.56 bits per heavy atom. The van der Waals surface area contributed by atoms with Gasteiger partial charge in [-0.25, -0.2) is 18.6 Å². The number of ether oxygens (including phenoxy) is 2. The first-order valence-corrected chi connectivity index (χ1v) is 5.27. The van der Waals surface area contributed by atoms with Crippen molar-refractivity contribution in [2.75, 3.05) is 32.2 Å². The molecule has 100 valence electrons. The summed E-state index contributed by atoms with van der Waals surface area (Å²) < 4.78 is 32.7. The van der Waals surface area contributed by atoms with Crippen molar-refractivity contribution in [2.45, 2.75) is 6.43 Å². The summed E-state index contributed by atoms with van der Waals surface area (Å²) in [5, 5.41) is 2.92. The highest BCUT2D eigenvalue weighted by atomic mass is 19.3. The van der Waals surface area contributed by atoms with Crippen molar-refractivity contribution in [3.8, 4) is 0 Å². The van der Waals surface area contributed by atoms with Crippen LogP contribution in [0, 0.1) is 0 Å². The van der Waals surface area contributed by atoms with Crippen LogP contribution in [0.25, 0.3) is 0 Å². The van der Waals surface area contributed by atoms with Crippen molar-refractivity contribution < 1.29 is 23.0 Å². The van der Waals surface area contributed by atoms with E-state index in [0.29, 0.717) is 12.2 Å². The number of hydrogen-bond donors (Lipinski definition) is 1. The third-order valence-corrected chi connectivity index (χ3v) is 1.97. The maximum atomic E-state index is 11.8. The van der Waals surface area contributed by atoms with Crippen LogP contribution in [0.2, 0.25) is 0 Å². The first-order valence-electron chi connectivity index (χ1n) is 5.27. The summed E-state index contributed by atoms with van der Waals surface area (Å²) in [5.74, 6) is -0.535. The molecular weight excluding hydrogens is 246 g/mol. The van der Waals surface area contributed by atoms with Gasteiger partial charge < -0.3 is 14.8 Å². The molecule has 0 bridgehead atoms. The molecule has 0 aliphatic carbocycles. The summed E-state index contributed by atoms with van der Waals surface area (Å²) in [6.07, 6.45) is -1.01. The summed E-state index contributed by atoms with van der Waals surface area (Å²) in [6, 6.07) is 3.17. The molecule has 1 aromatic heterocycles. The highest BCUT2D eigenvalue weighted by molar-refractivity contribution is 5.88. The van der Waals surface area contributed by atoms with Gasteiger partial charge in [-0.3, -0.25) is 0 Å². The normalized spacial score (nSPS) is 10.4. The summed E-state index contributed by atoms with van der Waals surface area (Å²) in [4.78, 5) is 15.0. The molecule has 0 saturated carbocycles. The minimum Gasteiger partial charge on any atom is -0.464 e. The third-order valence-electron chi connectivity index (χ3n) is 1.97. The van der Waals surface area contributed by atoms with Crippen molar-refractivity contribution in [3.05, 3.63) is 24.0 Å². The summed E-state index contributed by atoms with van der Waals surface area (Å²) in [5.41, 5.74) is 0.821. The predicted octanol–water partition coefficient (Wildman–Crippen LogP) is 1.56. The maximum Gasteiger partial charge on any atom is 0.356 e. The number of carbonyl (C=O) groups is 1. The van der Waals surface area contributed by atoms with Gasteiger partial charge >= 0.3 is 5.97 Å². The van der Waals surface area contributed by atoms with E-state index in [4.69, 9.17) is 4.74 Å². The van der Waals surface area contributed by atoms with Gasteiger partial charge in [-0.05, 0) is 12.1 Å². The van der Waals surface area contributed by atoms with E-state index in [1.54, 1.807) is 6.07 Å². The van der Waals surface area contributed by atoms with Crippen LogP contribution in [-0.4, -0.2) is 44.2 Å². The molecule has 18 heavy (non-hydrogen) atoms. The fourth-order valence-corrected chi connectivity index (χ4v) is 1.20. The molecule has 0 fully saturated rings. The number of nitrogens with one attached hydrogen (secondary N) is 1. The predicted molar refractivity (Wildman–Crippen MR) is 60.9 cm³/mol. The topological polar surface area (TPSA) is 60.5 Å². The van der Waals surface area contributed by atoms with Gasteiger partial charge in [0.25, 0.3) is 6.43 Å². The van der Waals surface area contributed by atoms with Gasteiger partial charge in [0.2, 0.25) is 0 Å². The Kier molecular flexibility index (Phi) is 5.99. The number of esters is 1. The Morgan fingerprint density at radius 3 is 3.00 bits per heavy atom. The van der Waals surface area contributed by atoms with E-state index in [0.717, 1.165) is 0 Å². The number of alkyl halides is 2. The second kappa shape index (κ2) is 7.54. The lowest BCUT2D eigenvalue weighted by Gasteiger charge is -2.07. The van der Waals surface area contributed by atoms with Crippen LogP contribution < -0.4 is 5.32 Å². The van der Waals surface area contributed by atoms with Crippen molar-refractivity contribution in [2.24, 2.45) is 0 Å². The van der Waals surface area contributed by atoms with Crippen LogP contribution in [0.4, 0.5) is 14.5 Å². The molecule has 0 radical (unpaired) electrons. The van der Waals surface area contributed by atoms with Crippen LogP contribution in [-0.2, 0) is 9.47 Å². The number of aromatic nitrogens is 1. The van der Waals surface area contributed by atoms with Gasteiger partial charge in [-0.15, -0.1) is 0 Å². The van der Waals surface area contributed by atoms with Crippen molar-refractivity contribution in [3.63, 3.8) is 0 Å². The molecule has 0 unspecified atom stereocenters. The first-order chi connectivity index (χ1) is 8.63. The maximum absolute atomic E-state index is 11.8. The zero-order valence-electron chi connectivity index (χ0n) is 9.86. The quantitative estimate of drug-likeness (QED) is 0.595. The Bertz CT molecular complexity index is 388. The minimum absolute atomic E-state index is 0.153. The number of nitrogens with zero attached hydrogens (tertiary/aromatic N) is 1. The van der Waals surface area contributed by atoms with E-state index < -0.39 is 19.0 Å². The van der Waals surface area contributed by atoms with Crippen LogP contribution in [0.15, 0.2) is 18.3 Å². The van der Waals surface area contributed by atoms with Crippen molar-refractivity contribution in [1.29, 1.82) is 0 Å². The molecule has 0 spiro atoms. The highest BCUT2D eigenvalue weighted by Gasteiger charge is 2.07. The molecule has 7 heteroatoms. The van der Waals surface area contributed by atoms with E-state index in [9.17, 15) is 13.6 Å². The summed E-state index contributed by atoms with van der Waals surface area (Å²) >= 11 is 0. The SMILES string of the molecule is COC(=O)c1cc(NCCOCC(F)F)ccn1. The molecule has 1 N–H and O–H groups in total. The monoisotopic (exact) mass is 260 g/mol. The van der Waals surface area contributed by atoms with E-state index in [1.807, 2.05) is 0 Å². The van der Waals surface area contributed by atoms with Crippen LogP contribution in [0.5, 0.6) is 0 Å². The fraction of sp³-hybridized carbons (Fsp3) is 0.455. The zero-order chi connectivity index (χ0) is 13.4. The van der Waals surface area contributed by atoms with Gasteiger partial charge in [0.15, 0.2) is 0 Å². The molecule has 0 amide bonds. The van der Waals surface area contributed by atoms with Gasteiger partial charge in [0.1, 0.15) is 12.3 Å². The highest BCUT2D eigenvalue weighted by Crippen LogP contribution is 2.08. The standard InChI is InChI=1S/C11H14F2N2O3/c1-17-11(16)9-6-8(2-3-15-9)14-4-5-18-7-10(12)13/h2-3,6,10H,4-5,7H2,1H3,(H,14,15). The second-order valence-electron chi connectivity index (χ2n) is 3.31. The average Bonchev–Trinajstić information content (AvgIpc) is 2.37. The van der Waals surface area contributed by atoms with Gasteiger partial charge in [0.05, 0.1) is 13.7 Å². The number of pyridine rings is 1. The molecule has 5 nitrogen and oxygen atoms in total. The molecule has 0 aromatic carbocycles. The summed E-state index contributed by atoms with van der Waals surface area (Å²) in [6.45, 7) is -0.0665. The van der Waals surface area contributed by atoms with Crippen LogP contribution in [0.1, 0.15) is 10.5 Å². The number of carbonyl (C=O) groups excluding carboxylic acids is 1. The lowest BCUT2D eigenvalue weighted by molar-refractivity contribution is 0.0215. The lowest BCUT2D eigenvalue weighted by Crippen LogP contribution is -2.13. The molecule has 0 aliphatic heterocycles. The average molecular weight is 260 g/mol. The van der Waals surface area contributed by atoms with E-state index >= 15 is 0 Å². The molecule has 0 atom stereocenters. The number of anilines is 1.